The predicted molar refractivity (Wildman–Crippen MR) is 102 cm³/mol. The molecular formula is C21H28N2O2. The van der Waals surface area contributed by atoms with Gasteiger partial charge in [0.1, 0.15) is 5.75 Å². The first kappa shape index (κ1) is 17.7. The molecule has 1 N–H and O–H groups in total. The minimum absolute atomic E-state index is 0.0985. The number of amides is 1. The Labute approximate surface area is 150 Å². The van der Waals surface area contributed by atoms with Crippen LogP contribution in [-0.2, 0) is 11.2 Å². The fourth-order valence-corrected chi connectivity index (χ4v) is 3.67. The topological polar surface area (TPSA) is 41.6 Å². The molecule has 134 valence electrons. The van der Waals surface area contributed by atoms with Gasteiger partial charge in [0, 0.05) is 18.0 Å². The molecule has 1 saturated heterocycles. The average molecular weight is 340 g/mol. The van der Waals surface area contributed by atoms with Crippen LogP contribution in [0.2, 0.25) is 0 Å². The number of nitrogens with one attached hydrogen (secondary N) is 1. The summed E-state index contributed by atoms with van der Waals surface area (Å²) in [4.78, 5) is 15.0. The van der Waals surface area contributed by atoms with Crippen molar-refractivity contribution < 1.29 is 9.53 Å². The number of fused-ring (bicyclic) bond motifs is 1. The summed E-state index contributed by atoms with van der Waals surface area (Å²) in [6.07, 6.45) is 3.93. The predicted octanol–water partition coefficient (Wildman–Crippen LogP) is 3.38. The summed E-state index contributed by atoms with van der Waals surface area (Å²) in [5.74, 6) is 0.946. The summed E-state index contributed by atoms with van der Waals surface area (Å²) >= 11 is 0. The average Bonchev–Trinajstić information content (AvgIpc) is 3.14. The molecular weight excluding hydrogens is 312 g/mol. The van der Waals surface area contributed by atoms with Crippen LogP contribution in [0, 0.1) is 0 Å². The van der Waals surface area contributed by atoms with Gasteiger partial charge in [-0.15, -0.1) is 0 Å². The van der Waals surface area contributed by atoms with Gasteiger partial charge in [-0.25, -0.2) is 0 Å². The van der Waals surface area contributed by atoms with E-state index in [9.17, 15) is 4.79 Å². The lowest BCUT2D eigenvalue weighted by molar-refractivity contribution is -0.121. The van der Waals surface area contributed by atoms with Crippen molar-refractivity contribution in [3.05, 3.63) is 42.0 Å². The number of hydrogen-bond acceptors (Lipinski definition) is 3. The number of ether oxygens (including phenoxy) is 1. The van der Waals surface area contributed by atoms with Crippen molar-refractivity contribution in [2.75, 3.05) is 26.7 Å². The van der Waals surface area contributed by atoms with E-state index in [1.807, 2.05) is 30.3 Å². The molecule has 1 atom stereocenters. The zero-order chi connectivity index (χ0) is 17.6. The maximum absolute atomic E-state index is 12.6. The van der Waals surface area contributed by atoms with Gasteiger partial charge in [0.05, 0.1) is 13.5 Å². The van der Waals surface area contributed by atoms with Crippen molar-refractivity contribution in [1.29, 1.82) is 0 Å². The van der Waals surface area contributed by atoms with Gasteiger partial charge >= 0.3 is 0 Å². The van der Waals surface area contributed by atoms with Crippen LogP contribution in [0.1, 0.15) is 31.7 Å². The molecule has 0 aromatic heterocycles. The van der Waals surface area contributed by atoms with Crippen LogP contribution < -0.4 is 10.1 Å². The first-order valence-corrected chi connectivity index (χ1v) is 9.27. The monoisotopic (exact) mass is 340 g/mol. The molecule has 1 aliphatic rings. The first-order valence-electron chi connectivity index (χ1n) is 9.27. The third-order valence-corrected chi connectivity index (χ3v) is 5.08. The molecule has 0 radical (unpaired) electrons. The van der Waals surface area contributed by atoms with Gasteiger partial charge < -0.3 is 15.0 Å². The number of rotatable bonds is 7. The number of hydrogen-bond donors (Lipinski definition) is 1. The molecule has 0 aliphatic carbocycles. The molecule has 0 unspecified atom stereocenters. The molecule has 0 bridgehead atoms. The Morgan fingerprint density at radius 1 is 1.16 bits per heavy atom. The van der Waals surface area contributed by atoms with Crippen LogP contribution in [0.3, 0.4) is 0 Å². The van der Waals surface area contributed by atoms with Gasteiger partial charge in [0.25, 0.3) is 0 Å². The molecule has 2 aromatic rings. The van der Waals surface area contributed by atoms with E-state index in [4.69, 9.17) is 4.74 Å². The number of methoxy groups -OCH3 is 1. The molecule has 1 heterocycles. The Morgan fingerprint density at radius 3 is 2.56 bits per heavy atom. The van der Waals surface area contributed by atoms with Crippen molar-refractivity contribution in [1.82, 2.24) is 10.2 Å². The highest BCUT2D eigenvalue weighted by Crippen LogP contribution is 2.28. The van der Waals surface area contributed by atoms with Crippen LogP contribution in [-0.4, -0.2) is 43.6 Å². The van der Waals surface area contributed by atoms with Crippen molar-refractivity contribution in [2.24, 2.45) is 0 Å². The summed E-state index contributed by atoms with van der Waals surface area (Å²) in [5.41, 5.74) is 1.05. The molecule has 0 saturated carbocycles. The standard InChI is InChI=1S/C21H28N2O2/c1-3-17(15-23-12-6-7-13-23)22-21(24)14-16-10-11-20(25-2)19-9-5-4-8-18(16)19/h4-5,8-11,17H,3,6-7,12-15H2,1-2H3,(H,22,24)/t17-/m1/s1. The number of nitrogens with zero attached hydrogens (tertiary/aromatic N) is 1. The maximum atomic E-state index is 12.6. The lowest BCUT2D eigenvalue weighted by Gasteiger charge is -2.23. The van der Waals surface area contributed by atoms with Gasteiger partial charge in [-0.1, -0.05) is 37.3 Å². The van der Waals surface area contributed by atoms with E-state index in [0.717, 1.165) is 48.1 Å². The molecule has 2 aromatic carbocycles. The van der Waals surface area contributed by atoms with Gasteiger partial charge in [0.2, 0.25) is 5.91 Å². The van der Waals surface area contributed by atoms with E-state index in [1.165, 1.54) is 12.8 Å². The van der Waals surface area contributed by atoms with Crippen LogP contribution in [0.4, 0.5) is 0 Å². The SMILES string of the molecule is CC[C@H](CN1CCCC1)NC(=O)Cc1ccc(OC)c2ccccc12. The minimum atomic E-state index is 0.0985. The fraction of sp³-hybridized carbons (Fsp3) is 0.476. The summed E-state index contributed by atoms with van der Waals surface area (Å²) in [7, 11) is 1.68. The molecule has 4 heteroatoms. The molecule has 1 amide bonds. The van der Waals surface area contributed by atoms with Crippen molar-refractivity contribution in [3.8, 4) is 5.75 Å². The highest BCUT2D eigenvalue weighted by molar-refractivity contribution is 5.94. The zero-order valence-electron chi connectivity index (χ0n) is 15.3. The lowest BCUT2D eigenvalue weighted by atomic mass is 10.0. The second-order valence-corrected chi connectivity index (χ2v) is 6.83. The van der Waals surface area contributed by atoms with Gasteiger partial charge in [-0.2, -0.15) is 0 Å². The van der Waals surface area contributed by atoms with Gasteiger partial charge in [-0.05, 0) is 49.4 Å². The largest absolute Gasteiger partial charge is 0.496 e. The lowest BCUT2D eigenvalue weighted by Crippen LogP contribution is -2.43. The van der Waals surface area contributed by atoms with Crippen LogP contribution in [0.5, 0.6) is 5.75 Å². The minimum Gasteiger partial charge on any atom is -0.496 e. The molecule has 1 aliphatic heterocycles. The summed E-state index contributed by atoms with van der Waals surface area (Å²) in [6, 6.07) is 12.3. The molecule has 25 heavy (non-hydrogen) atoms. The van der Waals surface area contributed by atoms with E-state index in [2.05, 4.69) is 23.2 Å². The molecule has 3 rings (SSSR count). The Balaban J connectivity index is 1.69. The number of carbonyl (C=O) groups excluding carboxylic acids is 1. The smallest absolute Gasteiger partial charge is 0.224 e. The Bertz CT molecular complexity index is 723. The quantitative estimate of drug-likeness (QED) is 0.840. The second-order valence-electron chi connectivity index (χ2n) is 6.83. The van der Waals surface area contributed by atoms with E-state index in [1.54, 1.807) is 7.11 Å². The Kier molecular flexibility index (Phi) is 5.92. The van der Waals surface area contributed by atoms with E-state index in [-0.39, 0.29) is 11.9 Å². The second kappa shape index (κ2) is 8.34. The van der Waals surface area contributed by atoms with Crippen molar-refractivity contribution in [3.63, 3.8) is 0 Å². The van der Waals surface area contributed by atoms with E-state index < -0.39 is 0 Å². The Morgan fingerprint density at radius 2 is 1.88 bits per heavy atom. The summed E-state index contributed by atoms with van der Waals surface area (Å²) in [6.45, 7) is 5.43. The first-order chi connectivity index (χ1) is 12.2. The maximum Gasteiger partial charge on any atom is 0.224 e. The molecule has 0 spiro atoms. The van der Waals surface area contributed by atoms with Crippen LogP contribution in [0.25, 0.3) is 10.8 Å². The van der Waals surface area contributed by atoms with Gasteiger partial charge in [0.15, 0.2) is 0 Å². The van der Waals surface area contributed by atoms with Crippen LogP contribution >= 0.6 is 0 Å². The zero-order valence-corrected chi connectivity index (χ0v) is 15.3. The number of likely N-dealkylation sites (tertiary alicyclic amines) is 1. The Hall–Kier alpha value is -2.07. The molecule has 1 fully saturated rings. The summed E-state index contributed by atoms with van der Waals surface area (Å²) in [5, 5.41) is 5.37. The molecule has 4 nitrogen and oxygen atoms in total. The number of benzene rings is 2. The van der Waals surface area contributed by atoms with Gasteiger partial charge in [-0.3, -0.25) is 4.79 Å². The van der Waals surface area contributed by atoms with Crippen molar-refractivity contribution >= 4 is 16.7 Å². The van der Waals surface area contributed by atoms with E-state index in [0.29, 0.717) is 6.42 Å². The van der Waals surface area contributed by atoms with Crippen molar-refractivity contribution in [2.45, 2.75) is 38.6 Å². The fourth-order valence-electron chi connectivity index (χ4n) is 3.67. The highest BCUT2D eigenvalue weighted by atomic mass is 16.5. The van der Waals surface area contributed by atoms with Crippen LogP contribution in [0.15, 0.2) is 36.4 Å². The van der Waals surface area contributed by atoms with E-state index >= 15 is 0 Å². The third kappa shape index (κ3) is 4.31. The summed E-state index contributed by atoms with van der Waals surface area (Å²) < 4.78 is 5.44. The third-order valence-electron chi connectivity index (χ3n) is 5.08. The number of carbonyl (C=O) groups is 1. The normalized spacial score (nSPS) is 16.1. The highest BCUT2D eigenvalue weighted by Gasteiger charge is 2.18.